The van der Waals surface area contributed by atoms with Gasteiger partial charge >= 0.3 is 0 Å². The Morgan fingerprint density at radius 2 is 2.00 bits per heavy atom. The number of amides is 1. The molecule has 1 amide bonds. The molecular weight excluding hydrogens is 180 g/mol. The van der Waals surface area contributed by atoms with Gasteiger partial charge in [0.05, 0.1) is 12.6 Å². The second-order valence-electron chi connectivity index (χ2n) is 4.31. The van der Waals surface area contributed by atoms with Gasteiger partial charge in [0, 0.05) is 19.1 Å². The van der Waals surface area contributed by atoms with E-state index in [1.165, 1.54) is 25.7 Å². The molecule has 0 aromatic rings. The Labute approximate surface area is 84.3 Å². The zero-order valence-electron chi connectivity index (χ0n) is 8.41. The number of β-amino-alcohol motifs (C(OH)–C–C–N with tert-alkyl or cyclic N) is 1. The number of carbonyl (C=O) groups excluding carboxylic acids is 1. The van der Waals surface area contributed by atoms with Crippen molar-refractivity contribution in [2.45, 2.75) is 37.8 Å². The van der Waals surface area contributed by atoms with E-state index >= 15 is 0 Å². The summed E-state index contributed by atoms with van der Waals surface area (Å²) in [4.78, 5) is 13.2. The highest BCUT2D eigenvalue weighted by Crippen LogP contribution is 2.17. The quantitative estimate of drug-likeness (QED) is 0.656. The molecule has 1 saturated heterocycles. The van der Waals surface area contributed by atoms with E-state index in [-0.39, 0.29) is 12.0 Å². The first-order valence-electron chi connectivity index (χ1n) is 5.45. The van der Waals surface area contributed by atoms with Crippen molar-refractivity contribution in [3.63, 3.8) is 0 Å². The molecule has 2 fully saturated rings. The largest absolute Gasteiger partial charge is 0.389 e. The van der Waals surface area contributed by atoms with E-state index in [4.69, 9.17) is 5.11 Å². The van der Waals surface area contributed by atoms with Crippen LogP contribution in [0, 0.1) is 0 Å². The summed E-state index contributed by atoms with van der Waals surface area (Å²) in [5.41, 5.74) is 0. The molecule has 2 rings (SSSR count). The van der Waals surface area contributed by atoms with Crippen LogP contribution < -0.4 is 5.32 Å². The third-order valence-electron chi connectivity index (χ3n) is 3.11. The van der Waals surface area contributed by atoms with Crippen LogP contribution in [0.3, 0.4) is 0 Å². The van der Waals surface area contributed by atoms with Crippen LogP contribution in [0.1, 0.15) is 25.7 Å². The number of aliphatic hydroxyl groups is 1. The van der Waals surface area contributed by atoms with Gasteiger partial charge in [-0.2, -0.15) is 0 Å². The molecule has 1 saturated carbocycles. The number of aliphatic hydroxyl groups excluding tert-OH is 1. The lowest BCUT2D eigenvalue weighted by Gasteiger charge is -2.36. The van der Waals surface area contributed by atoms with Gasteiger partial charge < -0.3 is 15.3 Å². The van der Waals surface area contributed by atoms with Gasteiger partial charge in [-0.15, -0.1) is 0 Å². The first kappa shape index (κ1) is 9.93. The predicted octanol–water partition coefficient (Wildman–Crippen LogP) is -0.278. The van der Waals surface area contributed by atoms with Gasteiger partial charge in [-0.3, -0.25) is 4.79 Å². The molecule has 0 aromatic heterocycles. The number of hydrogen-bond acceptors (Lipinski definition) is 3. The normalized spacial score (nSPS) is 23.9. The summed E-state index contributed by atoms with van der Waals surface area (Å²) in [6, 6.07) is 0.546. The molecule has 4 heteroatoms. The maximum absolute atomic E-state index is 11.5. The summed E-state index contributed by atoms with van der Waals surface area (Å²) in [6.45, 7) is 1.48. The molecular formula is C10H18N2O2. The Kier molecular flexibility index (Phi) is 3.03. The first-order chi connectivity index (χ1) is 6.75. The molecule has 0 atom stereocenters. The third-order valence-corrected chi connectivity index (χ3v) is 3.11. The van der Waals surface area contributed by atoms with Crippen molar-refractivity contribution < 1.29 is 9.90 Å². The smallest absolute Gasteiger partial charge is 0.236 e. The third kappa shape index (κ3) is 2.25. The lowest BCUT2D eigenvalue weighted by molar-refractivity contribution is -0.140. The number of hydrogen-bond donors (Lipinski definition) is 2. The molecule has 0 radical (unpaired) electrons. The zero-order chi connectivity index (χ0) is 9.97. The zero-order valence-corrected chi connectivity index (χ0v) is 8.41. The maximum Gasteiger partial charge on any atom is 0.236 e. The van der Waals surface area contributed by atoms with E-state index in [1.54, 1.807) is 4.90 Å². The molecule has 0 bridgehead atoms. The molecule has 0 spiro atoms. The van der Waals surface area contributed by atoms with Crippen molar-refractivity contribution >= 4 is 5.91 Å². The number of likely N-dealkylation sites (tertiary alicyclic amines) is 1. The average molecular weight is 198 g/mol. The van der Waals surface area contributed by atoms with Gasteiger partial charge in [0.15, 0.2) is 0 Å². The lowest BCUT2D eigenvalue weighted by atomic mass is 10.1. The minimum atomic E-state index is -0.287. The van der Waals surface area contributed by atoms with Gasteiger partial charge in [-0.05, 0) is 12.8 Å². The fourth-order valence-corrected chi connectivity index (χ4v) is 2.13. The van der Waals surface area contributed by atoms with Crippen LogP contribution in [0.15, 0.2) is 0 Å². The fourth-order valence-electron chi connectivity index (χ4n) is 2.13. The van der Waals surface area contributed by atoms with Gasteiger partial charge in [0.1, 0.15) is 0 Å². The van der Waals surface area contributed by atoms with Crippen molar-refractivity contribution in [3.05, 3.63) is 0 Å². The van der Waals surface area contributed by atoms with E-state index in [1.807, 2.05) is 0 Å². The van der Waals surface area contributed by atoms with E-state index in [9.17, 15) is 4.79 Å². The van der Waals surface area contributed by atoms with Crippen molar-refractivity contribution in [1.82, 2.24) is 10.2 Å². The second kappa shape index (κ2) is 4.28. The predicted molar refractivity (Wildman–Crippen MR) is 52.8 cm³/mol. The monoisotopic (exact) mass is 198 g/mol. The summed E-state index contributed by atoms with van der Waals surface area (Å²) in [7, 11) is 0. The van der Waals surface area contributed by atoms with Gasteiger partial charge in [0.25, 0.3) is 0 Å². The standard InChI is InChI=1S/C10H18N2O2/c13-9-6-12(7-9)10(14)5-11-8-3-1-2-4-8/h8-9,11,13H,1-7H2. The number of rotatable bonds is 3. The summed E-state index contributed by atoms with van der Waals surface area (Å²) in [5.74, 6) is 0.127. The first-order valence-corrected chi connectivity index (χ1v) is 5.45. The summed E-state index contributed by atoms with van der Waals surface area (Å²) >= 11 is 0. The summed E-state index contributed by atoms with van der Waals surface area (Å²) < 4.78 is 0. The Balaban J connectivity index is 1.62. The molecule has 2 aliphatic rings. The molecule has 80 valence electrons. The van der Waals surface area contributed by atoms with Crippen molar-refractivity contribution in [2.24, 2.45) is 0 Å². The number of nitrogens with one attached hydrogen (secondary N) is 1. The highest BCUT2D eigenvalue weighted by atomic mass is 16.3. The Hall–Kier alpha value is -0.610. The average Bonchev–Trinajstić information content (AvgIpc) is 2.61. The molecule has 0 unspecified atom stereocenters. The highest BCUT2D eigenvalue weighted by molar-refractivity contribution is 5.79. The van der Waals surface area contributed by atoms with E-state index in [0.29, 0.717) is 25.7 Å². The van der Waals surface area contributed by atoms with Crippen LogP contribution in [0.25, 0.3) is 0 Å². The van der Waals surface area contributed by atoms with Crippen LogP contribution in [-0.2, 0) is 4.79 Å². The van der Waals surface area contributed by atoms with E-state index in [2.05, 4.69) is 5.32 Å². The van der Waals surface area contributed by atoms with E-state index < -0.39 is 0 Å². The molecule has 1 aliphatic carbocycles. The van der Waals surface area contributed by atoms with Gasteiger partial charge in [0.2, 0.25) is 5.91 Å². The van der Waals surface area contributed by atoms with E-state index in [0.717, 1.165) is 0 Å². The molecule has 4 nitrogen and oxygen atoms in total. The topological polar surface area (TPSA) is 52.6 Å². The van der Waals surface area contributed by atoms with Crippen LogP contribution in [0.5, 0.6) is 0 Å². The number of carbonyl (C=O) groups is 1. The van der Waals surface area contributed by atoms with Gasteiger partial charge in [-0.1, -0.05) is 12.8 Å². The van der Waals surface area contributed by atoms with Crippen molar-refractivity contribution in [1.29, 1.82) is 0 Å². The Morgan fingerprint density at radius 1 is 1.36 bits per heavy atom. The fraction of sp³-hybridized carbons (Fsp3) is 0.900. The highest BCUT2D eigenvalue weighted by Gasteiger charge is 2.28. The minimum Gasteiger partial charge on any atom is -0.389 e. The lowest BCUT2D eigenvalue weighted by Crippen LogP contribution is -2.56. The molecule has 14 heavy (non-hydrogen) atoms. The van der Waals surface area contributed by atoms with Crippen molar-refractivity contribution in [3.8, 4) is 0 Å². The molecule has 0 aromatic carbocycles. The molecule has 1 aliphatic heterocycles. The second-order valence-corrected chi connectivity index (χ2v) is 4.31. The van der Waals surface area contributed by atoms with Crippen LogP contribution in [0.2, 0.25) is 0 Å². The van der Waals surface area contributed by atoms with Gasteiger partial charge in [-0.25, -0.2) is 0 Å². The summed E-state index contributed by atoms with van der Waals surface area (Å²) in [5, 5.41) is 12.3. The van der Waals surface area contributed by atoms with Crippen molar-refractivity contribution in [2.75, 3.05) is 19.6 Å². The molecule has 2 N–H and O–H groups in total. The van der Waals surface area contributed by atoms with Crippen LogP contribution >= 0.6 is 0 Å². The Morgan fingerprint density at radius 3 is 2.57 bits per heavy atom. The Bertz CT molecular complexity index is 208. The minimum absolute atomic E-state index is 0.127. The number of nitrogens with zero attached hydrogens (tertiary/aromatic N) is 1. The summed E-state index contributed by atoms with van der Waals surface area (Å²) in [6.07, 6.45) is 4.69. The van der Waals surface area contributed by atoms with Crippen LogP contribution in [0.4, 0.5) is 0 Å². The SMILES string of the molecule is O=C(CNC1CCCC1)N1CC(O)C1. The maximum atomic E-state index is 11.5. The van der Waals surface area contributed by atoms with Crippen LogP contribution in [-0.4, -0.2) is 47.7 Å². The molecule has 1 heterocycles.